The average Bonchev–Trinajstić information content (AvgIpc) is 2.99. The van der Waals surface area contributed by atoms with Crippen LogP contribution in [0.4, 0.5) is 8.78 Å². The molecule has 1 heterocycles. The van der Waals surface area contributed by atoms with Crippen LogP contribution in [0.15, 0.2) is 48.5 Å². The van der Waals surface area contributed by atoms with Crippen LogP contribution in [0, 0.1) is 17.6 Å². The van der Waals surface area contributed by atoms with Crippen LogP contribution in [0.25, 0.3) is 0 Å². The van der Waals surface area contributed by atoms with Crippen LogP contribution in [0.3, 0.4) is 0 Å². The Labute approximate surface area is 150 Å². The summed E-state index contributed by atoms with van der Waals surface area (Å²) >= 11 is 0. The molecule has 1 aliphatic heterocycles. The summed E-state index contributed by atoms with van der Waals surface area (Å²) in [7, 11) is 0. The minimum Gasteiger partial charge on any atom is -0.355 e. The molecule has 3 rings (SSSR count). The van der Waals surface area contributed by atoms with Crippen molar-refractivity contribution >= 4 is 11.8 Å². The first-order valence-electron chi connectivity index (χ1n) is 8.57. The number of benzene rings is 2. The quantitative estimate of drug-likeness (QED) is 0.863. The molecule has 136 valence electrons. The number of nitrogens with one attached hydrogen (secondary N) is 1. The van der Waals surface area contributed by atoms with Crippen LogP contribution in [-0.2, 0) is 22.6 Å². The van der Waals surface area contributed by atoms with Gasteiger partial charge in [-0.05, 0) is 24.1 Å². The molecule has 1 saturated heterocycles. The zero-order valence-corrected chi connectivity index (χ0v) is 14.3. The number of nitrogens with zero attached hydrogens (tertiary/aromatic N) is 1. The molecule has 26 heavy (non-hydrogen) atoms. The molecule has 1 N–H and O–H groups in total. The summed E-state index contributed by atoms with van der Waals surface area (Å²) in [5, 5.41) is 2.76. The summed E-state index contributed by atoms with van der Waals surface area (Å²) in [6, 6.07) is 12.7. The zero-order valence-electron chi connectivity index (χ0n) is 14.3. The first kappa shape index (κ1) is 18.0. The summed E-state index contributed by atoms with van der Waals surface area (Å²) in [5.41, 5.74) is 0.970. The van der Waals surface area contributed by atoms with E-state index in [-0.39, 0.29) is 43.0 Å². The van der Waals surface area contributed by atoms with Crippen LogP contribution in [0.1, 0.15) is 17.5 Å². The lowest BCUT2D eigenvalue weighted by molar-refractivity contribution is -0.129. The number of halogens is 2. The third-order valence-corrected chi connectivity index (χ3v) is 4.56. The van der Waals surface area contributed by atoms with E-state index < -0.39 is 5.92 Å². The zero-order chi connectivity index (χ0) is 18.5. The number of hydrogen-bond acceptors (Lipinski definition) is 2. The average molecular weight is 358 g/mol. The fourth-order valence-electron chi connectivity index (χ4n) is 3.10. The molecule has 0 radical (unpaired) electrons. The van der Waals surface area contributed by atoms with Crippen LogP contribution in [0.2, 0.25) is 0 Å². The van der Waals surface area contributed by atoms with Gasteiger partial charge in [-0.25, -0.2) is 8.78 Å². The first-order valence-corrected chi connectivity index (χ1v) is 8.57. The maximum Gasteiger partial charge on any atom is 0.225 e. The van der Waals surface area contributed by atoms with Crippen molar-refractivity contribution in [3.8, 4) is 0 Å². The molecule has 0 saturated carbocycles. The lowest BCUT2D eigenvalue weighted by atomic mass is 10.1. The molecule has 6 heteroatoms. The van der Waals surface area contributed by atoms with Crippen LogP contribution >= 0.6 is 0 Å². The van der Waals surface area contributed by atoms with Crippen molar-refractivity contribution in [2.45, 2.75) is 19.4 Å². The molecular formula is C20H20F2N2O2. The monoisotopic (exact) mass is 358 g/mol. The van der Waals surface area contributed by atoms with Gasteiger partial charge in [-0.15, -0.1) is 0 Å². The molecule has 0 spiro atoms. The highest BCUT2D eigenvalue weighted by atomic mass is 19.1. The van der Waals surface area contributed by atoms with Gasteiger partial charge in [0.15, 0.2) is 0 Å². The highest BCUT2D eigenvalue weighted by Gasteiger charge is 2.34. The molecular weight excluding hydrogens is 338 g/mol. The molecule has 0 bridgehead atoms. The van der Waals surface area contributed by atoms with Crippen molar-refractivity contribution in [3.63, 3.8) is 0 Å². The summed E-state index contributed by atoms with van der Waals surface area (Å²) < 4.78 is 27.3. The van der Waals surface area contributed by atoms with Gasteiger partial charge >= 0.3 is 0 Å². The van der Waals surface area contributed by atoms with E-state index in [1.54, 1.807) is 36.4 Å². The molecule has 4 nitrogen and oxygen atoms in total. The number of carbonyl (C=O) groups excluding carboxylic acids is 2. The second-order valence-corrected chi connectivity index (χ2v) is 6.40. The Balaban J connectivity index is 1.51. The topological polar surface area (TPSA) is 49.4 Å². The van der Waals surface area contributed by atoms with Gasteiger partial charge in [-0.3, -0.25) is 9.59 Å². The standard InChI is InChI=1S/C20H20F2N2O2/c21-17-7-3-1-5-14(17)9-10-23-20(26)16-11-19(25)24(13-16)12-15-6-2-4-8-18(15)22/h1-8,16H,9-13H2,(H,23,26). The van der Waals surface area contributed by atoms with Crippen molar-refractivity contribution in [2.75, 3.05) is 13.1 Å². The van der Waals surface area contributed by atoms with Crippen LogP contribution < -0.4 is 5.32 Å². The van der Waals surface area contributed by atoms with Gasteiger partial charge in [-0.1, -0.05) is 36.4 Å². The number of hydrogen-bond donors (Lipinski definition) is 1. The van der Waals surface area contributed by atoms with E-state index in [0.29, 0.717) is 24.1 Å². The molecule has 2 aromatic rings. The van der Waals surface area contributed by atoms with Gasteiger partial charge in [0.25, 0.3) is 0 Å². The minimum absolute atomic E-state index is 0.111. The van der Waals surface area contributed by atoms with Crippen molar-refractivity contribution in [2.24, 2.45) is 5.92 Å². The highest BCUT2D eigenvalue weighted by Crippen LogP contribution is 2.21. The SMILES string of the molecule is O=C(NCCc1ccccc1F)C1CC(=O)N(Cc2ccccc2F)C1. The third kappa shape index (κ3) is 4.25. The lowest BCUT2D eigenvalue weighted by Crippen LogP contribution is -2.34. The number of amides is 2. The van der Waals surface area contributed by atoms with Gasteiger partial charge in [0.1, 0.15) is 11.6 Å². The Morgan fingerprint density at radius 1 is 1.04 bits per heavy atom. The fraction of sp³-hybridized carbons (Fsp3) is 0.300. The molecule has 0 aromatic heterocycles. The Bertz CT molecular complexity index is 810. The van der Waals surface area contributed by atoms with Crippen LogP contribution in [0.5, 0.6) is 0 Å². The maximum atomic E-state index is 13.7. The molecule has 1 unspecified atom stereocenters. The summed E-state index contributed by atoms with van der Waals surface area (Å²) in [6.07, 6.45) is 0.498. The second-order valence-electron chi connectivity index (χ2n) is 6.40. The van der Waals surface area contributed by atoms with E-state index >= 15 is 0 Å². The van der Waals surface area contributed by atoms with E-state index in [4.69, 9.17) is 0 Å². The summed E-state index contributed by atoms with van der Waals surface area (Å²) in [6.45, 7) is 0.723. The van der Waals surface area contributed by atoms with E-state index in [0.717, 1.165) is 0 Å². The predicted octanol–water partition coefficient (Wildman–Crippen LogP) is 2.67. The molecule has 1 aliphatic rings. The van der Waals surface area contributed by atoms with E-state index in [2.05, 4.69) is 5.32 Å². The molecule has 1 atom stereocenters. The van der Waals surface area contributed by atoms with Gasteiger partial charge in [-0.2, -0.15) is 0 Å². The summed E-state index contributed by atoms with van der Waals surface area (Å²) in [4.78, 5) is 25.9. The van der Waals surface area contributed by atoms with E-state index in [1.165, 1.54) is 17.0 Å². The lowest BCUT2D eigenvalue weighted by Gasteiger charge is -2.17. The number of likely N-dealkylation sites (tertiary alicyclic amines) is 1. The fourth-order valence-corrected chi connectivity index (χ4v) is 3.10. The predicted molar refractivity (Wildman–Crippen MR) is 93.0 cm³/mol. The Morgan fingerprint density at radius 3 is 2.31 bits per heavy atom. The second kappa shape index (κ2) is 8.08. The van der Waals surface area contributed by atoms with Crippen molar-refractivity contribution < 1.29 is 18.4 Å². The first-order chi connectivity index (χ1) is 12.5. The van der Waals surface area contributed by atoms with E-state index in [9.17, 15) is 18.4 Å². The van der Waals surface area contributed by atoms with E-state index in [1.807, 2.05) is 0 Å². The van der Waals surface area contributed by atoms with Crippen LogP contribution in [-0.4, -0.2) is 29.8 Å². The van der Waals surface area contributed by atoms with Gasteiger partial charge in [0.2, 0.25) is 11.8 Å². The third-order valence-electron chi connectivity index (χ3n) is 4.56. The molecule has 0 aliphatic carbocycles. The van der Waals surface area contributed by atoms with Crippen molar-refractivity contribution in [3.05, 3.63) is 71.3 Å². The van der Waals surface area contributed by atoms with Gasteiger partial charge in [0, 0.05) is 31.6 Å². The maximum absolute atomic E-state index is 13.7. The Hall–Kier alpha value is -2.76. The van der Waals surface area contributed by atoms with Gasteiger partial charge in [0.05, 0.1) is 5.92 Å². The largest absolute Gasteiger partial charge is 0.355 e. The molecule has 2 amide bonds. The summed E-state index contributed by atoms with van der Waals surface area (Å²) in [5.74, 6) is -1.52. The smallest absolute Gasteiger partial charge is 0.225 e. The number of carbonyl (C=O) groups is 2. The van der Waals surface area contributed by atoms with Crippen molar-refractivity contribution in [1.82, 2.24) is 10.2 Å². The normalized spacial score (nSPS) is 16.8. The van der Waals surface area contributed by atoms with Crippen molar-refractivity contribution in [1.29, 1.82) is 0 Å². The molecule has 2 aromatic carbocycles. The minimum atomic E-state index is -0.463. The highest BCUT2D eigenvalue weighted by molar-refractivity contribution is 5.89. The van der Waals surface area contributed by atoms with Gasteiger partial charge < -0.3 is 10.2 Å². The number of rotatable bonds is 6. The molecule has 1 fully saturated rings. The Morgan fingerprint density at radius 2 is 1.65 bits per heavy atom. The Kier molecular flexibility index (Phi) is 5.61.